The highest BCUT2D eigenvalue weighted by molar-refractivity contribution is 7.90. The van der Waals surface area contributed by atoms with Crippen LogP contribution in [0.2, 0.25) is 0 Å². The lowest BCUT2D eigenvalue weighted by Gasteiger charge is -2.13. The van der Waals surface area contributed by atoms with E-state index >= 15 is 0 Å². The second-order valence-electron chi connectivity index (χ2n) is 3.40. The summed E-state index contributed by atoms with van der Waals surface area (Å²) in [4.78, 5) is -0.691. The third-order valence-corrected chi connectivity index (χ3v) is 3.03. The fourth-order valence-corrected chi connectivity index (χ4v) is 1.98. The minimum Gasteiger partial charge on any atom is -0.423 e. The number of halogens is 3. The normalized spacial score (nSPS) is 12.3. The van der Waals surface area contributed by atoms with Crippen LogP contribution in [-0.2, 0) is 9.84 Å². The zero-order chi connectivity index (χ0) is 14.1. The molecule has 0 amide bonds. The minimum atomic E-state index is -5.08. The van der Waals surface area contributed by atoms with Crippen molar-refractivity contribution in [1.82, 2.24) is 0 Å². The molecule has 18 heavy (non-hydrogen) atoms. The van der Waals surface area contributed by atoms with Gasteiger partial charge >= 0.3 is 13.5 Å². The highest BCUT2D eigenvalue weighted by Gasteiger charge is 2.34. The quantitative estimate of drug-likeness (QED) is 0.742. The van der Waals surface area contributed by atoms with Crippen molar-refractivity contribution >= 4 is 22.4 Å². The van der Waals surface area contributed by atoms with Gasteiger partial charge in [0, 0.05) is 6.26 Å². The van der Waals surface area contributed by atoms with Crippen molar-refractivity contribution in [1.29, 1.82) is 0 Å². The van der Waals surface area contributed by atoms with Crippen molar-refractivity contribution in [3.05, 3.63) is 18.2 Å². The molecule has 0 saturated carbocycles. The van der Waals surface area contributed by atoms with Gasteiger partial charge in [-0.15, -0.1) is 13.2 Å². The highest BCUT2D eigenvalue weighted by atomic mass is 32.2. The Balaban J connectivity index is 3.36. The predicted molar refractivity (Wildman–Crippen MR) is 56.1 cm³/mol. The van der Waals surface area contributed by atoms with E-state index in [1.165, 1.54) is 0 Å². The van der Waals surface area contributed by atoms with Gasteiger partial charge in [0.25, 0.3) is 0 Å². The largest absolute Gasteiger partial charge is 0.573 e. The van der Waals surface area contributed by atoms with E-state index in [4.69, 9.17) is 10.0 Å². The molecule has 0 radical (unpaired) electrons. The van der Waals surface area contributed by atoms with Gasteiger partial charge in [-0.1, -0.05) is 6.07 Å². The summed E-state index contributed by atoms with van der Waals surface area (Å²) in [5.41, 5.74) is -0.318. The second-order valence-corrected chi connectivity index (χ2v) is 5.38. The van der Waals surface area contributed by atoms with Gasteiger partial charge in [0.2, 0.25) is 0 Å². The molecule has 0 heterocycles. The van der Waals surface area contributed by atoms with Crippen molar-refractivity contribution < 1.29 is 36.4 Å². The first-order valence-corrected chi connectivity index (χ1v) is 6.36. The lowest BCUT2D eigenvalue weighted by atomic mass is 9.80. The molecule has 100 valence electrons. The Morgan fingerprint density at radius 2 is 1.83 bits per heavy atom. The van der Waals surface area contributed by atoms with Gasteiger partial charge in [0.15, 0.2) is 9.84 Å². The van der Waals surface area contributed by atoms with E-state index in [0.717, 1.165) is 12.1 Å². The maximum absolute atomic E-state index is 12.1. The van der Waals surface area contributed by atoms with Crippen molar-refractivity contribution in [3.8, 4) is 5.75 Å². The van der Waals surface area contributed by atoms with Crippen molar-refractivity contribution in [3.63, 3.8) is 0 Å². The topological polar surface area (TPSA) is 83.8 Å². The Morgan fingerprint density at radius 1 is 1.28 bits per heavy atom. The summed E-state index contributed by atoms with van der Waals surface area (Å²) in [5, 5.41) is 17.6. The van der Waals surface area contributed by atoms with E-state index in [2.05, 4.69) is 4.74 Å². The maximum Gasteiger partial charge on any atom is 0.573 e. The number of hydrogen-bond donors (Lipinski definition) is 2. The van der Waals surface area contributed by atoms with Crippen molar-refractivity contribution in [2.24, 2.45) is 0 Å². The molecule has 0 aliphatic rings. The standard InChI is InChI=1S/C8H8BF3O5S/c1-18(15,16)7-3-2-5(9(13)14)4-6(7)17-8(10,11)12/h2-4,13-14H,1H3. The average Bonchev–Trinajstić information content (AvgIpc) is 2.12. The molecule has 1 aromatic rings. The van der Waals surface area contributed by atoms with Gasteiger partial charge < -0.3 is 14.8 Å². The van der Waals surface area contributed by atoms with Crippen LogP contribution in [0.5, 0.6) is 5.75 Å². The molecule has 0 fully saturated rings. The zero-order valence-electron chi connectivity index (χ0n) is 8.97. The van der Waals surface area contributed by atoms with E-state index in [0.29, 0.717) is 12.3 Å². The Morgan fingerprint density at radius 3 is 2.22 bits per heavy atom. The molecule has 0 saturated heterocycles. The molecule has 0 bridgehead atoms. The van der Waals surface area contributed by atoms with Crippen LogP contribution in [0.25, 0.3) is 0 Å². The third-order valence-electron chi connectivity index (χ3n) is 1.89. The minimum absolute atomic E-state index is 0.318. The van der Waals surface area contributed by atoms with E-state index in [1.54, 1.807) is 0 Å². The lowest BCUT2D eigenvalue weighted by molar-refractivity contribution is -0.275. The summed E-state index contributed by atoms with van der Waals surface area (Å²) in [7, 11) is -5.97. The Labute approximate surface area is 101 Å². The van der Waals surface area contributed by atoms with Crippen LogP contribution in [0.3, 0.4) is 0 Å². The van der Waals surface area contributed by atoms with Gasteiger partial charge in [-0.05, 0) is 17.6 Å². The van der Waals surface area contributed by atoms with Crippen molar-refractivity contribution in [2.75, 3.05) is 6.26 Å². The first-order valence-electron chi connectivity index (χ1n) is 4.46. The summed E-state index contributed by atoms with van der Waals surface area (Å²) < 4.78 is 62.3. The smallest absolute Gasteiger partial charge is 0.423 e. The van der Waals surface area contributed by atoms with Crippen molar-refractivity contribution in [2.45, 2.75) is 11.3 Å². The molecular formula is C8H8BF3O5S. The van der Waals surface area contributed by atoms with E-state index in [1.807, 2.05) is 0 Å². The van der Waals surface area contributed by atoms with Gasteiger partial charge in [-0.25, -0.2) is 8.42 Å². The molecule has 2 N–H and O–H groups in total. The molecular weight excluding hydrogens is 276 g/mol. The van der Waals surface area contributed by atoms with Crippen LogP contribution in [0.4, 0.5) is 13.2 Å². The number of ether oxygens (including phenoxy) is 1. The predicted octanol–water partition coefficient (Wildman–Crippen LogP) is -0.331. The number of sulfone groups is 1. The third kappa shape index (κ3) is 3.89. The number of hydrogen-bond acceptors (Lipinski definition) is 5. The molecule has 0 spiro atoms. The van der Waals surface area contributed by atoms with Crippen LogP contribution >= 0.6 is 0 Å². The summed E-state index contributed by atoms with van der Waals surface area (Å²) in [5.74, 6) is -1.00. The molecule has 5 nitrogen and oxygen atoms in total. The fourth-order valence-electron chi connectivity index (χ4n) is 1.20. The molecule has 1 aromatic carbocycles. The monoisotopic (exact) mass is 284 g/mol. The van der Waals surface area contributed by atoms with Gasteiger partial charge in [-0.2, -0.15) is 0 Å². The van der Waals surface area contributed by atoms with Crippen LogP contribution in [0, 0.1) is 0 Å². The molecule has 0 aliphatic heterocycles. The van der Waals surface area contributed by atoms with Gasteiger partial charge in [0.05, 0.1) is 0 Å². The first-order chi connectivity index (χ1) is 8.00. The summed E-state index contributed by atoms with van der Waals surface area (Å²) in [6, 6.07) is 2.39. The molecule has 0 aliphatic carbocycles. The zero-order valence-corrected chi connectivity index (χ0v) is 9.79. The molecule has 1 rings (SSSR count). The lowest BCUT2D eigenvalue weighted by Crippen LogP contribution is -2.30. The SMILES string of the molecule is CS(=O)(=O)c1ccc(B(O)O)cc1OC(F)(F)F. The van der Waals surface area contributed by atoms with Crippen LogP contribution in [-0.4, -0.2) is 38.2 Å². The Hall–Kier alpha value is -1.26. The van der Waals surface area contributed by atoms with E-state index in [-0.39, 0.29) is 5.46 Å². The van der Waals surface area contributed by atoms with Crippen LogP contribution in [0.1, 0.15) is 0 Å². The Bertz CT molecular complexity index is 540. The Kier molecular flexibility index (Phi) is 3.94. The summed E-state index contributed by atoms with van der Waals surface area (Å²) in [6.45, 7) is 0. The molecule has 10 heteroatoms. The van der Waals surface area contributed by atoms with E-state index < -0.39 is 34.0 Å². The number of rotatable bonds is 3. The van der Waals surface area contributed by atoms with Gasteiger partial charge in [0.1, 0.15) is 10.6 Å². The summed E-state index contributed by atoms with van der Waals surface area (Å²) in [6.07, 6.45) is -4.38. The highest BCUT2D eigenvalue weighted by Crippen LogP contribution is 2.28. The summed E-state index contributed by atoms with van der Waals surface area (Å²) >= 11 is 0. The maximum atomic E-state index is 12.1. The van der Waals surface area contributed by atoms with E-state index in [9.17, 15) is 21.6 Å². The number of benzene rings is 1. The van der Waals surface area contributed by atoms with Gasteiger partial charge in [-0.3, -0.25) is 0 Å². The molecule has 0 unspecified atom stereocenters. The fraction of sp³-hybridized carbons (Fsp3) is 0.250. The number of alkyl halides is 3. The first kappa shape index (κ1) is 14.8. The molecule has 0 aromatic heterocycles. The molecule has 0 atom stereocenters. The average molecular weight is 284 g/mol. The second kappa shape index (κ2) is 4.79. The van der Waals surface area contributed by atoms with Crippen LogP contribution in [0.15, 0.2) is 23.1 Å². The van der Waals surface area contributed by atoms with Crippen LogP contribution < -0.4 is 10.2 Å².